The molecule has 1 heterocycles. The summed E-state index contributed by atoms with van der Waals surface area (Å²) in [7, 11) is 0. The van der Waals surface area contributed by atoms with Crippen molar-refractivity contribution >= 4 is 22.8 Å². The molecule has 0 atom stereocenters. The van der Waals surface area contributed by atoms with Crippen molar-refractivity contribution in [3.8, 4) is 0 Å². The normalized spacial score (nSPS) is 11.5. The molecule has 0 saturated carbocycles. The number of esters is 2. The molecule has 0 N–H and O–H groups in total. The summed E-state index contributed by atoms with van der Waals surface area (Å²) < 4.78 is 25.6. The number of benzene rings is 1. The van der Waals surface area contributed by atoms with Crippen LogP contribution in [0.1, 0.15) is 33.3 Å². The standard InChI is InChI=1S/C17H21FN2O4/c1-5-23-16(22)10-20-9-12-6-11(13(18)8-14(12)19-20)7-15(21)24-17(2,3)4/h6,8-9H,5,7,10H2,1-4H3. The zero-order chi connectivity index (χ0) is 17.9. The third kappa shape index (κ3) is 4.78. The fraction of sp³-hybridized carbons (Fsp3) is 0.471. The Morgan fingerprint density at radius 2 is 1.96 bits per heavy atom. The molecule has 2 rings (SSSR count). The molecular formula is C17H21FN2O4. The number of carbonyl (C=O) groups is 2. The highest BCUT2D eigenvalue weighted by atomic mass is 19.1. The molecular weight excluding hydrogens is 315 g/mol. The SMILES string of the molecule is CCOC(=O)Cn1cc2cc(CC(=O)OC(C)(C)C)c(F)cc2n1. The Hall–Kier alpha value is -2.44. The van der Waals surface area contributed by atoms with Crippen LogP contribution in [-0.4, -0.2) is 33.9 Å². The first-order valence-corrected chi connectivity index (χ1v) is 7.71. The van der Waals surface area contributed by atoms with Crippen LogP contribution in [0, 0.1) is 5.82 Å². The second kappa shape index (κ2) is 6.98. The van der Waals surface area contributed by atoms with E-state index in [0.717, 1.165) is 0 Å². The Morgan fingerprint density at radius 3 is 2.58 bits per heavy atom. The van der Waals surface area contributed by atoms with Gasteiger partial charge in [0.1, 0.15) is 18.0 Å². The minimum Gasteiger partial charge on any atom is -0.465 e. The van der Waals surface area contributed by atoms with Gasteiger partial charge in [-0.1, -0.05) is 0 Å². The second-order valence-corrected chi connectivity index (χ2v) is 6.40. The molecule has 0 aliphatic heterocycles. The zero-order valence-electron chi connectivity index (χ0n) is 14.3. The third-order valence-electron chi connectivity index (χ3n) is 3.07. The Kier molecular flexibility index (Phi) is 5.21. The van der Waals surface area contributed by atoms with Crippen LogP contribution in [0.3, 0.4) is 0 Å². The van der Waals surface area contributed by atoms with E-state index in [2.05, 4.69) is 5.10 Å². The molecule has 2 aromatic rings. The topological polar surface area (TPSA) is 70.4 Å². The molecule has 7 heteroatoms. The molecule has 0 fully saturated rings. The molecule has 0 saturated heterocycles. The molecule has 0 bridgehead atoms. The predicted molar refractivity (Wildman–Crippen MR) is 85.9 cm³/mol. The van der Waals surface area contributed by atoms with E-state index in [4.69, 9.17) is 9.47 Å². The number of carbonyl (C=O) groups excluding carboxylic acids is 2. The number of aromatic nitrogens is 2. The summed E-state index contributed by atoms with van der Waals surface area (Å²) in [5.74, 6) is -1.45. The maximum Gasteiger partial charge on any atom is 0.327 e. The van der Waals surface area contributed by atoms with Crippen molar-refractivity contribution in [2.24, 2.45) is 0 Å². The van der Waals surface area contributed by atoms with E-state index in [1.165, 1.54) is 10.7 Å². The van der Waals surface area contributed by atoms with E-state index in [0.29, 0.717) is 10.9 Å². The molecule has 0 aliphatic carbocycles. The van der Waals surface area contributed by atoms with Gasteiger partial charge in [0.2, 0.25) is 0 Å². The summed E-state index contributed by atoms with van der Waals surface area (Å²) in [4.78, 5) is 23.4. The van der Waals surface area contributed by atoms with Gasteiger partial charge in [-0.15, -0.1) is 0 Å². The molecule has 6 nitrogen and oxygen atoms in total. The highest BCUT2D eigenvalue weighted by molar-refractivity contribution is 5.82. The first-order valence-electron chi connectivity index (χ1n) is 7.71. The molecule has 0 spiro atoms. The quantitative estimate of drug-likeness (QED) is 0.785. The first-order chi connectivity index (χ1) is 11.2. The number of fused-ring (bicyclic) bond motifs is 1. The summed E-state index contributed by atoms with van der Waals surface area (Å²) >= 11 is 0. The van der Waals surface area contributed by atoms with Gasteiger partial charge in [-0.3, -0.25) is 14.3 Å². The summed E-state index contributed by atoms with van der Waals surface area (Å²) in [5, 5.41) is 4.77. The Morgan fingerprint density at radius 1 is 1.25 bits per heavy atom. The second-order valence-electron chi connectivity index (χ2n) is 6.40. The van der Waals surface area contributed by atoms with Crippen molar-refractivity contribution in [2.75, 3.05) is 6.61 Å². The summed E-state index contributed by atoms with van der Waals surface area (Å²) in [6.07, 6.45) is 1.45. The van der Waals surface area contributed by atoms with E-state index in [9.17, 15) is 14.0 Å². The van der Waals surface area contributed by atoms with E-state index in [-0.39, 0.29) is 25.1 Å². The number of nitrogens with zero attached hydrogens (tertiary/aromatic N) is 2. The summed E-state index contributed by atoms with van der Waals surface area (Å²) in [6.45, 7) is 7.22. The van der Waals surface area contributed by atoms with Crippen molar-refractivity contribution in [3.05, 3.63) is 29.7 Å². The van der Waals surface area contributed by atoms with Crippen LogP contribution in [0.15, 0.2) is 18.3 Å². The van der Waals surface area contributed by atoms with Crippen molar-refractivity contribution in [1.29, 1.82) is 0 Å². The summed E-state index contributed by atoms with van der Waals surface area (Å²) in [5.41, 5.74) is 0.0134. The van der Waals surface area contributed by atoms with Crippen molar-refractivity contribution in [3.63, 3.8) is 0 Å². The molecule has 24 heavy (non-hydrogen) atoms. The lowest BCUT2D eigenvalue weighted by atomic mass is 10.1. The van der Waals surface area contributed by atoms with Gasteiger partial charge in [0.25, 0.3) is 0 Å². The van der Waals surface area contributed by atoms with Gasteiger partial charge in [0, 0.05) is 17.6 Å². The summed E-state index contributed by atoms with van der Waals surface area (Å²) in [6, 6.07) is 2.79. The van der Waals surface area contributed by atoms with Gasteiger partial charge < -0.3 is 9.47 Å². The maximum absolute atomic E-state index is 14.2. The van der Waals surface area contributed by atoms with Crippen LogP contribution in [0.5, 0.6) is 0 Å². The lowest BCUT2D eigenvalue weighted by Gasteiger charge is -2.19. The molecule has 0 unspecified atom stereocenters. The lowest BCUT2D eigenvalue weighted by Crippen LogP contribution is -2.25. The Balaban J connectivity index is 2.19. The van der Waals surface area contributed by atoms with E-state index in [1.54, 1.807) is 40.0 Å². The molecule has 130 valence electrons. The Labute approximate surface area is 139 Å². The number of hydrogen-bond donors (Lipinski definition) is 0. The van der Waals surface area contributed by atoms with Gasteiger partial charge in [-0.2, -0.15) is 5.10 Å². The number of halogens is 1. The van der Waals surface area contributed by atoms with Crippen molar-refractivity contribution < 1.29 is 23.5 Å². The van der Waals surface area contributed by atoms with Gasteiger partial charge in [-0.25, -0.2) is 4.39 Å². The highest BCUT2D eigenvalue weighted by Gasteiger charge is 2.19. The average Bonchev–Trinajstić information content (AvgIpc) is 2.78. The molecule has 1 aromatic heterocycles. The molecule has 1 aromatic carbocycles. The number of hydrogen-bond acceptors (Lipinski definition) is 5. The zero-order valence-corrected chi connectivity index (χ0v) is 14.3. The van der Waals surface area contributed by atoms with Crippen LogP contribution < -0.4 is 0 Å². The van der Waals surface area contributed by atoms with Gasteiger partial charge in [0.15, 0.2) is 0 Å². The molecule has 0 radical (unpaired) electrons. The minimum absolute atomic E-state index is 0.0501. The lowest BCUT2D eigenvalue weighted by molar-refractivity contribution is -0.154. The van der Waals surface area contributed by atoms with Crippen LogP contribution in [0.2, 0.25) is 0 Å². The number of ether oxygens (including phenoxy) is 2. The number of rotatable bonds is 5. The van der Waals surface area contributed by atoms with E-state index >= 15 is 0 Å². The molecule has 0 amide bonds. The van der Waals surface area contributed by atoms with Crippen molar-refractivity contribution in [2.45, 2.75) is 46.3 Å². The van der Waals surface area contributed by atoms with E-state index < -0.39 is 23.4 Å². The van der Waals surface area contributed by atoms with Crippen molar-refractivity contribution in [1.82, 2.24) is 9.78 Å². The largest absolute Gasteiger partial charge is 0.465 e. The third-order valence-corrected chi connectivity index (χ3v) is 3.07. The van der Waals surface area contributed by atoms with Crippen LogP contribution in [-0.2, 0) is 32.0 Å². The average molecular weight is 336 g/mol. The monoisotopic (exact) mass is 336 g/mol. The maximum atomic E-state index is 14.2. The fourth-order valence-electron chi connectivity index (χ4n) is 2.23. The van der Waals surface area contributed by atoms with Crippen LogP contribution in [0.25, 0.3) is 10.9 Å². The predicted octanol–water partition coefficient (Wildman–Crippen LogP) is 2.62. The van der Waals surface area contributed by atoms with Gasteiger partial charge in [0.05, 0.1) is 18.5 Å². The smallest absolute Gasteiger partial charge is 0.327 e. The fourth-order valence-corrected chi connectivity index (χ4v) is 2.23. The Bertz CT molecular complexity index is 762. The van der Waals surface area contributed by atoms with E-state index in [1.807, 2.05) is 0 Å². The van der Waals surface area contributed by atoms with Gasteiger partial charge in [-0.05, 0) is 39.3 Å². The molecule has 0 aliphatic rings. The van der Waals surface area contributed by atoms with Crippen LogP contribution >= 0.6 is 0 Å². The minimum atomic E-state index is -0.623. The highest BCUT2D eigenvalue weighted by Crippen LogP contribution is 2.20. The van der Waals surface area contributed by atoms with Crippen LogP contribution in [0.4, 0.5) is 4.39 Å². The van der Waals surface area contributed by atoms with Gasteiger partial charge >= 0.3 is 11.9 Å². The first kappa shape index (κ1) is 17.9.